The molecule has 1 fully saturated rings. The molecule has 5 nitrogen and oxygen atoms in total. The zero-order valence-electron chi connectivity index (χ0n) is 16.1. The fourth-order valence-corrected chi connectivity index (χ4v) is 3.74. The maximum absolute atomic E-state index is 12.8. The predicted molar refractivity (Wildman–Crippen MR) is 98.7 cm³/mol. The quantitative estimate of drug-likeness (QED) is 0.829. The second kappa shape index (κ2) is 7.33. The largest absolute Gasteiger partial charge is 0.507 e. The number of rotatable bonds is 3. The molecule has 2 atom stereocenters. The zero-order chi connectivity index (χ0) is 20.7. The van der Waals surface area contributed by atoms with E-state index in [0.717, 1.165) is 32.0 Å². The topological polar surface area (TPSA) is 69.5 Å². The van der Waals surface area contributed by atoms with Crippen LogP contribution in [0.2, 0.25) is 0 Å². The van der Waals surface area contributed by atoms with Gasteiger partial charge in [0.1, 0.15) is 11.4 Å². The van der Waals surface area contributed by atoms with Gasteiger partial charge in [0.25, 0.3) is 0 Å². The number of nitrogens with zero attached hydrogens (tertiary/aromatic N) is 3. The Morgan fingerprint density at radius 2 is 1.89 bits per heavy atom. The summed E-state index contributed by atoms with van der Waals surface area (Å²) in [4.78, 5) is 2.16. The van der Waals surface area contributed by atoms with E-state index in [4.69, 9.17) is 0 Å². The van der Waals surface area contributed by atoms with Gasteiger partial charge < -0.3 is 15.1 Å². The normalized spacial score (nSPS) is 20.8. The van der Waals surface area contributed by atoms with Gasteiger partial charge in [-0.25, -0.2) is 0 Å². The molecule has 3 rings (SSSR count). The number of aliphatic hydroxyl groups is 1. The highest BCUT2D eigenvalue weighted by Gasteiger charge is 2.38. The Bertz CT molecular complexity index is 868. The summed E-state index contributed by atoms with van der Waals surface area (Å²) in [6.07, 6.45) is -2.67. The van der Waals surface area contributed by atoms with Gasteiger partial charge in [0.2, 0.25) is 0 Å². The van der Waals surface area contributed by atoms with Crippen molar-refractivity contribution < 1.29 is 23.4 Å². The van der Waals surface area contributed by atoms with Gasteiger partial charge in [0, 0.05) is 18.0 Å². The number of aryl methyl sites for hydroxylation is 1. The van der Waals surface area contributed by atoms with Crippen LogP contribution in [0.4, 0.5) is 13.2 Å². The molecule has 2 unspecified atom stereocenters. The fraction of sp³-hybridized carbons (Fsp3) is 0.500. The highest BCUT2D eigenvalue weighted by atomic mass is 19.4. The number of likely N-dealkylation sites (tertiary alicyclic amines) is 1. The smallest absolute Gasteiger partial charge is 0.416 e. The summed E-state index contributed by atoms with van der Waals surface area (Å²) in [7, 11) is 2.01. The van der Waals surface area contributed by atoms with Gasteiger partial charge in [0.05, 0.1) is 17.0 Å². The summed E-state index contributed by atoms with van der Waals surface area (Å²) < 4.78 is 38.4. The lowest BCUT2D eigenvalue weighted by atomic mass is 9.80. The van der Waals surface area contributed by atoms with Crippen LogP contribution in [-0.2, 0) is 11.8 Å². The molecule has 0 bridgehead atoms. The van der Waals surface area contributed by atoms with Gasteiger partial charge in [-0.3, -0.25) is 0 Å². The summed E-state index contributed by atoms with van der Waals surface area (Å²) >= 11 is 0. The van der Waals surface area contributed by atoms with Gasteiger partial charge in [0.15, 0.2) is 0 Å². The number of phenols is 1. The molecule has 0 aliphatic carbocycles. The van der Waals surface area contributed by atoms with E-state index in [1.54, 1.807) is 19.9 Å². The molecule has 0 spiro atoms. The Morgan fingerprint density at radius 1 is 1.18 bits per heavy atom. The molecule has 0 radical (unpaired) electrons. The molecule has 2 N–H and O–H groups in total. The molecule has 1 aliphatic rings. The summed E-state index contributed by atoms with van der Waals surface area (Å²) in [6, 6.07) is 4.45. The van der Waals surface area contributed by atoms with Crippen molar-refractivity contribution in [2.24, 2.45) is 5.92 Å². The number of aromatic hydroxyl groups is 1. The van der Waals surface area contributed by atoms with Gasteiger partial charge in [-0.05, 0) is 70.1 Å². The molecule has 0 amide bonds. The number of alkyl halides is 3. The van der Waals surface area contributed by atoms with E-state index in [-0.39, 0.29) is 17.2 Å². The van der Waals surface area contributed by atoms with Crippen molar-refractivity contribution >= 4 is 0 Å². The van der Waals surface area contributed by atoms with Crippen molar-refractivity contribution in [3.05, 3.63) is 41.1 Å². The van der Waals surface area contributed by atoms with Crippen molar-refractivity contribution in [1.29, 1.82) is 0 Å². The number of phenolic OH excluding ortho intramolecular Hbond substituents is 1. The highest BCUT2D eigenvalue weighted by molar-refractivity contribution is 5.69. The van der Waals surface area contributed by atoms with Crippen molar-refractivity contribution in [1.82, 2.24) is 15.1 Å². The number of benzene rings is 1. The molecule has 0 saturated carbocycles. The molecular formula is C20H24F3N3O2. The standard InChI is InChI=1S/C20H24F3N3O2/c1-12-9-17(19(2,28)14-5-4-8-26(3)11-14)24-25-18(12)15-7-6-13(10-16(15)27)20(21,22)23/h6-7,9-10,14,27-28H,4-5,8,11H2,1-3H3. The molecule has 2 heterocycles. The monoisotopic (exact) mass is 395 g/mol. The zero-order valence-corrected chi connectivity index (χ0v) is 16.1. The number of hydrogen-bond acceptors (Lipinski definition) is 5. The van der Waals surface area contributed by atoms with Crippen molar-refractivity contribution in [2.75, 3.05) is 20.1 Å². The first-order chi connectivity index (χ1) is 13.0. The Labute approximate surface area is 161 Å². The van der Waals surface area contributed by atoms with Crippen molar-refractivity contribution in [3.63, 3.8) is 0 Å². The van der Waals surface area contributed by atoms with E-state index in [9.17, 15) is 23.4 Å². The third-order valence-electron chi connectivity index (χ3n) is 5.50. The van der Waals surface area contributed by atoms with Crippen LogP contribution >= 0.6 is 0 Å². The molecular weight excluding hydrogens is 371 g/mol. The Kier molecular flexibility index (Phi) is 5.38. The van der Waals surface area contributed by atoms with E-state index in [2.05, 4.69) is 15.1 Å². The average Bonchev–Trinajstić information content (AvgIpc) is 2.61. The first kappa shape index (κ1) is 20.5. The maximum Gasteiger partial charge on any atom is 0.416 e. The lowest BCUT2D eigenvalue weighted by molar-refractivity contribution is -0.137. The van der Waals surface area contributed by atoms with Crippen LogP contribution in [0.15, 0.2) is 24.3 Å². The first-order valence-corrected chi connectivity index (χ1v) is 9.16. The lowest BCUT2D eigenvalue weighted by Gasteiger charge is -2.38. The van der Waals surface area contributed by atoms with Crippen LogP contribution in [-0.4, -0.2) is 45.4 Å². The highest BCUT2D eigenvalue weighted by Crippen LogP contribution is 2.38. The molecule has 152 valence electrons. The first-order valence-electron chi connectivity index (χ1n) is 9.16. The lowest BCUT2D eigenvalue weighted by Crippen LogP contribution is -2.43. The number of halogens is 3. The minimum atomic E-state index is -4.54. The third kappa shape index (κ3) is 3.98. The molecule has 28 heavy (non-hydrogen) atoms. The minimum Gasteiger partial charge on any atom is -0.507 e. The fourth-order valence-electron chi connectivity index (χ4n) is 3.74. The predicted octanol–water partition coefficient (Wildman–Crippen LogP) is 3.73. The Balaban J connectivity index is 1.93. The third-order valence-corrected chi connectivity index (χ3v) is 5.50. The summed E-state index contributed by atoms with van der Waals surface area (Å²) in [6.45, 7) is 5.18. The van der Waals surface area contributed by atoms with Gasteiger partial charge >= 0.3 is 6.18 Å². The molecule has 1 aromatic carbocycles. The number of piperidine rings is 1. The van der Waals surface area contributed by atoms with Crippen molar-refractivity contribution in [2.45, 2.75) is 38.5 Å². The Hall–Kier alpha value is -2.19. The van der Waals surface area contributed by atoms with Crippen LogP contribution in [0.25, 0.3) is 11.3 Å². The van der Waals surface area contributed by atoms with Gasteiger partial charge in [-0.1, -0.05) is 0 Å². The van der Waals surface area contributed by atoms with Crippen LogP contribution in [0.5, 0.6) is 5.75 Å². The second-order valence-corrected chi connectivity index (χ2v) is 7.74. The molecule has 8 heteroatoms. The number of hydrogen-bond donors (Lipinski definition) is 2. The van der Waals surface area contributed by atoms with Crippen molar-refractivity contribution in [3.8, 4) is 17.0 Å². The maximum atomic E-state index is 12.8. The average molecular weight is 395 g/mol. The number of aromatic nitrogens is 2. The van der Waals surface area contributed by atoms with Crippen LogP contribution < -0.4 is 0 Å². The summed E-state index contributed by atoms with van der Waals surface area (Å²) in [5.74, 6) is -0.508. The van der Waals surface area contributed by atoms with Crippen LogP contribution in [0.1, 0.15) is 36.6 Å². The van der Waals surface area contributed by atoms with Gasteiger partial charge in [-0.15, -0.1) is 5.10 Å². The van der Waals surface area contributed by atoms with E-state index in [1.807, 2.05) is 7.05 Å². The summed E-state index contributed by atoms with van der Waals surface area (Å²) in [5.41, 5.74) is -0.619. The van der Waals surface area contributed by atoms with E-state index in [1.165, 1.54) is 6.07 Å². The van der Waals surface area contributed by atoms with E-state index < -0.39 is 23.1 Å². The molecule has 1 aliphatic heterocycles. The second-order valence-electron chi connectivity index (χ2n) is 7.74. The summed E-state index contributed by atoms with van der Waals surface area (Å²) in [5, 5.41) is 29.4. The Morgan fingerprint density at radius 3 is 2.46 bits per heavy atom. The molecule has 1 aromatic heterocycles. The molecule has 2 aromatic rings. The van der Waals surface area contributed by atoms with E-state index >= 15 is 0 Å². The van der Waals surface area contributed by atoms with Gasteiger partial charge in [-0.2, -0.15) is 18.3 Å². The van der Waals surface area contributed by atoms with Crippen LogP contribution in [0.3, 0.4) is 0 Å². The minimum absolute atomic E-state index is 0.00488. The SMILES string of the molecule is Cc1cc(C(C)(O)C2CCCN(C)C2)nnc1-c1ccc(C(F)(F)F)cc1O. The molecule has 1 saturated heterocycles. The van der Waals surface area contributed by atoms with Crippen LogP contribution in [0, 0.1) is 12.8 Å². The van der Waals surface area contributed by atoms with E-state index in [0.29, 0.717) is 17.3 Å².